The van der Waals surface area contributed by atoms with Crippen molar-refractivity contribution in [2.24, 2.45) is 5.18 Å². The van der Waals surface area contributed by atoms with E-state index in [1.165, 1.54) is 0 Å². The maximum Gasteiger partial charge on any atom is 0.343 e. The number of aryl methyl sites for hydroxylation is 1. The Morgan fingerprint density at radius 3 is 2.44 bits per heavy atom. The van der Waals surface area contributed by atoms with Crippen molar-refractivity contribution < 1.29 is 9.59 Å². The number of rotatable bonds is 4. The number of nitroso groups, excluding NO2 is 1. The van der Waals surface area contributed by atoms with Crippen LogP contribution in [0.5, 0.6) is 0 Å². The molecule has 2 fully saturated rings. The summed E-state index contributed by atoms with van der Waals surface area (Å²) in [6, 6.07) is 12.7. The third-order valence-corrected chi connectivity index (χ3v) is 6.49. The molecule has 2 N–H and O–H groups in total. The number of amides is 3. The number of urea groups is 1. The quantitative estimate of drug-likeness (QED) is 0.671. The number of carbonyl (C=O) groups excluding carboxylic acids is 2. The highest BCUT2D eigenvalue weighted by molar-refractivity contribution is 6.03. The molecule has 0 aromatic heterocycles. The standard InChI is InChI=1S/C24H29N5O3/c1-16(2)20-6-4-5-17(3)22(20)25-23(31)29-21(30)15-24(27-29)11-13-28(14-12-24)19-9-7-18(26-32)8-10-19/h4-10,16,27H,11-15H2,1-3H3,(H,25,31). The molecule has 3 amide bonds. The number of nitrogens with one attached hydrogen (secondary N) is 2. The van der Waals surface area contributed by atoms with Gasteiger partial charge in [-0.05, 0) is 66.3 Å². The molecule has 32 heavy (non-hydrogen) atoms. The van der Waals surface area contributed by atoms with Crippen LogP contribution < -0.4 is 15.6 Å². The predicted molar refractivity (Wildman–Crippen MR) is 125 cm³/mol. The van der Waals surface area contributed by atoms with E-state index in [4.69, 9.17) is 0 Å². The monoisotopic (exact) mass is 435 g/mol. The topological polar surface area (TPSA) is 94.1 Å². The first-order chi connectivity index (χ1) is 15.3. The summed E-state index contributed by atoms with van der Waals surface area (Å²) in [7, 11) is 0. The van der Waals surface area contributed by atoms with E-state index in [2.05, 4.69) is 34.7 Å². The van der Waals surface area contributed by atoms with E-state index in [1.807, 2.05) is 37.3 Å². The second-order valence-electron chi connectivity index (χ2n) is 9.02. The number of hydrogen-bond acceptors (Lipinski definition) is 6. The Morgan fingerprint density at radius 2 is 1.81 bits per heavy atom. The number of nitrogens with zero attached hydrogens (tertiary/aromatic N) is 3. The van der Waals surface area contributed by atoms with Gasteiger partial charge in [-0.25, -0.2) is 10.2 Å². The molecule has 0 atom stereocenters. The van der Waals surface area contributed by atoms with Crippen LogP contribution in [0.3, 0.4) is 0 Å². The van der Waals surface area contributed by atoms with Crippen molar-refractivity contribution in [2.45, 2.75) is 51.5 Å². The maximum absolute atomic E-state index is 13.0. The summed E-state index contributed by atoms with van der Waals surface area (Å²) < 4.78 is 0. The average molecular weight is 436 g/mol. The fourth-order valence-electron chi connectivity index (χ4n) is 4.58. The van der Waals surface area contributed by atoms with Crippen LogP contribution in [0.25, 0.3) is 0 Å². The first kappa shape index (κ1) is 22.0. The van der Waals surface area contributed by atoms with Crippen molar-refractivity contribution in [1.29, 1.82) is 0 Å². The van der Waals surface area contributed by atoms with E-state index in [9.17, 15) is 14.5 Å². The second kappa shape index (κ2) is 8.70. The second-order valence-corrected chi connectivity index (χ2v) is 9.02. The molecule has 0 unspecified atom stereocenters. The highest BCUT2D eigenvalue weighted by Gasteiger charge is 2.47. The van der Waals surface area contributed by atoms with Gasteiger partial charge >= 0.3 is 6.03 Å². The van der Waals surface area contributed by atoms with Crippen LogP contribution in [0.15, 0.2) is 47.6 Å². The van der Waals surface area contributed by atoms with Crippen LogP contribution in [0.1, 0.15) is 50.2 Å². The molecule has 2 saturated heterocycles. The number of hydrogen-bond donors (Lipinski definition) is 2. The van der Waals surface area contributed by atoms with Gasteiger partial charge in [0.15, 0.2) is 0 Å². The minimum atomic E-state index is -0.442. The Labute approximate surface area is 187 Å². The fraction of sp³-hybridized carbons (Fsp3) is 0.417. The Bertz CT molecular complexity index is 1030. The molecule has 2 aliphatic heterocycles. The number of anilines is 2. The number of benzene rings is 2. The highest BCUT2D eigenvalue weighted by Crippen LogP contribution is 2.34. The average Bonchev–Trinajstić information content (AvgIpc) is 3.11. The van der Waals surface area contributed by atoms with Crippen molar-refractivity contribution in [3.8, 4) is 0 Å². The van der Waals surface area contributed by atoms with E-state index in [1.54, 1.807) is 12.1 Å². The summed E-state index contributed by atoms with van der Waals surface area (Å²) in [5, 5.41) is 7.05. The molecule has 2 heterocycles. The fourth-order valence-corrected chi connectivity index (χ4v) is 4.58. The molecule has 168 valence electrons. The number of imide groups is 1. The zero-order valence-corrected chi connectivity index (χ0v) is 18.7. The van der Waals surface area contributed by atoms with Crippen LogP contribution in [-0.4, -0.2) is 35.6 Å². The van der Waals surface area contributed by atoms with Gasteiger partial charge in [-0.2, -0.15) is 5.01 Å². The normalized spacial score (nSPS) is 17.8. The minimum absolute atomic E-state index is 0.211. The summed E-state index contributed by atoms with van der Waals surface area (Å²) >= 11 is 0. The molecular weight excluding hydrogens is 406 g/mol. The lowest BCUT2D eigenvalue weighted by Gasteiger charge is -2.40. The number of carbonyl (C=O) groups is 2. The minimum Gasteiger partial charge on any atom is -0.371 e. The van der Waals surface area contributed by atoms with Crippen molar-refractivity contribution in [3.63, 3.8) is 0 Å². The van der Waals surface area contributed by atoms with E-state index in [0.717, 1.165) is 53.4 Å². The van der Waals surface area contributed by atoms with E-state index in [0.29, 0.717) is 12.1 Å². The summed E-state index contributed by atoms with van der Waals surface area (Å²) in [5.41, 5.74) is 7.02. The molecule has 4 rings (SSSR count). The first-order valence-corrected chi connectivity index (χ1v) is 11.0. The summed E-state index contributed by atoms with van der Waals surface area (Å²) in [6.07, 6.45) is 1.77. The predicted octanol–water partition coefficient (Wildman–Crippen LogP) is 4.82. The SMILES string of the molecule is Cc1cccc(C(C)C)c1NC(=O)N1NC2(CCN(c3ccc(N=O)cc3)CC2)CC1=O. The van der Waals surface area contributed by atoms with Gasteiger partial charge in [-0.3, -0.25) is 4.79 Å². The van der Waals surface area contributed by atoms with Gasteiger partial charge in [0.25, 0.3) is 0 Å². The Kier molecular flexibility index (Phi) is 5.97. The van der Waals surface area contributed by atoms with Gasteiger partial charge in [-0.1, -0.05) is 32.0 Å². The molecule has 8 heteroatoms. The lowest BCUT2D eigenvalue weighted by molar-refractivity contribution is -0.126. The molecule has 1 spiro atoms. The number of para-hydroxylation sites is 1. The third kappa shape index (κ3) is 4.23. The lowest BCUT2D eigenvalue weighted by atomic mass is 9.86. The molecule has 2 aliphatic rings. The number of hydrazine groups is 1. The molecule has 2 aromatic carbocycles. The highest BCUT2D eigenvalue weighted by atomic mass is 16.3. The van der Waals surface area contributed by atoms with Gasteiger partial charge in [-0.15, -0.1) is 4.91 Å². The third-order valence-electron chi connectivity index (χ3n) is 6.49. The van der Waals surface area contributed by atoms with Gasteiger partial charge in [0, 0.05) is 30.9 Å². The van der Waals surface area contributed by atoms with Crippen LogP contribution in [0, 0.1) is 11.8 Å². The van der Waals surface area contributed by atoms with Crippen LogP contribution in [0.2, 0.25) is 0 Å². The molecule has 0 radical (unpaired) electrons. The largest absolute Gasteiger partial charge is 0.371 e. The van der Waals surface area contributed by atoms with E-state index >= 15 is 0 Å². The van der Waals surface area contributed by atoms with Crippen molar-refractivity contribution >= 4 is 29.0 Å². The van der Waals surface area contributed by atoms with Gasteiger partial charge < -0.3 is 10.2 Å². The molecule has 0 aliphatic carbocycles. The maximum atomic E-state index is 13.0. The summed E-state index contributed by atoms with van der Waals surface area (Å²) in [5.74, 6) is 0.0385. The van der Waals surface area contributed by atoms with Gasteiger partial charge in [0.05, 0.1) is 5.54 Å². The molecule has 0 bridgehead atoms. The molecular formula is C24H29N5O3. The van der Waals surface area contributed by atoms with Gasteiger partial charge in [0.2, 0.25) is 5.91 Å². The van der Waals surface area contributed by atoms with E-state index in [-0.39, 0.29) is 11.8 Å². The van der Waals surface area contributed by atoms with Gasteiger partial charge in [0.1, 0.15) is 5.69 Å². The van der Waals surface area contributed by atoms with Crippen LogP contribution in [0.4, 0.5) is 21.9 Å². The van der Waals surface area contributed by atoms with Crippen LogP contribution in [-0.2, 0) is 4.79 Å². The summed E-state index contributed by atoms with van der Waals surface area (Å²) in [4.78, 5) is 38.6. The smallest absolute Gasteiger partial charge is 0.343 e. The lowest BCUT2D eigenvalue weighted by Crippen LogP contribution is -2.55. The Balaban J connectivity index is 1.42. The van der Waals surface area contributed by atoms with Crippen molar-refractivity contribution in [3.05, 3.63) is 58.5 Å². The molecule has 0 saturated carbocycles. The molecule has 8 nitrogen and oxygen atoms in total. The Hall–Kier alpha value is -3.26. The van der Waals surface area contributed by atoms with Crippen molar-refractivity contribution in [2.75, 3.05) is 23.3 Å². The first-order valence-electron chi connectivity index (χ1n) is 11.0. The van der Waals surface area contributed by atoms with Crippen molar-refractivity contribution in [1.82, 2.24) is 10.4 Å². The zero-order chi connectivity index (χ0) is 22.9. The summed E-state index contributed by atoms with van der Waals surface area (Å²) in [6.45, 7) is 7.61. The zero-order valence-electron chi connectivity index (χ0n) is 18.7. The van der Waals surface area contributed by atoms with Crippen LogP contribution >= 0.6 is 0 Å². The molecule has 2 aromatic rings. The Morgan fingerprint density at radius 1 is 1.12 bits per heavy atom. The van der Waals surface area contributed by atoms with E-state index < -0.39 is 11.6 Å². The number of piperidine rings is 1.